The molecule has 0 aliphatic heterocycles. The van der Waals surface area contributed by atoms with Gasteiger partial charge in [-0.2, -0.15) is 0 Å². The summed E-state index contributed by atoms with van der Waals surface area (Å²) in [6.45, 7) is 0.372. The fourth-order valence-electron chi connectivity index (χ4n) is 2.51. The maximum atomic E-state index is 11.4. The molecule has 0 fully saturated rings. The second-order valence-corrected chi connectivity index (χ2v) is 5.92. The smallest absolute Gasteiger partial charge is 0.406 e. The number of ether oxygens (including phenoxy) is 3. The molecule has 2 N–H and O–H groups in total. The van der Waals surface area contributed by atoms with Crippen LogP contribution >= 0.6 is 11.6 Å². The zero-order chi connectivity index (χ0) is 19.8. The van der Waals surface area contributed by atoms with Crippen LogP contribution in [-0.4, -0.2) is 44.5 Å². The number of nitrogens with one attached hydrogen (secondary N) is 1. The first-order valence-electron chi connectivity index (χ1n) is 8.06. The number of rotatable bonds is 8. The van der Waals surface area contributed by atoms with Gasteiger partial charge in [-0.25, -0.2) is 9.59 Å². The Hall–Kier alpha value is -2.77. The van der Waals surface area contributed by atoms with Crippen LogP contribution < -0.4 is 10.1 Å². The number of hydrogen-bond acceptors (Lipinski definition) is 5. The van der Waals surface area contributed by atoms with E-state index < -0.39 is 18.2 Å². The fraction of sp³-hybridized carbons (Fsp3) is 0.263. The van der Waals surface area contributed by atoms with Gasteiger partial charge in [0.05, 0.1) is 26.4 Å². The molecule has 2 rings (SSSR count). The van der Waals surface area contributed by atoms with Crippen molar-refractivity contribution in [2.24, 2.45) is 0 Å². The Bertz CT molecular complexity index is 811. The minimum Gasteiger partial charge on any atom is -0.496 e. The third-order valence-electron chi connectivity index (χ3n) is 3.75. The lowest BCUT2D eigenvalue weighted by Crippen LogP contribution is -2.27. The molecule has 2 aromatic carbocycles. The van der Waals surface area contributed by atoms with Gasteiger partial charge in [-0.1, -0.05) is 23.7 Å². The number of benzene rings is 2. The molecule has 0 saturated heterocycles. The first kappa shape index (κ1) is 20.5. The number of carboxylic acid groups (broad SMARTS) is 1. The van der Waals surface area contributed by atoms with E-state index in [0.717, 1.165) is 5.56 Å². The second-order valence-electron chi connectivity index (χ2n) is 5.49. The molecule has 27 heavy (non-hydrogen) atoms. The molecule has 0 heterocycles. The van der Waals surface area contributed by atoms with Crippen molar-refractivity contribution in [1.29, 1.82) is 0 Å². The zero-order valence-electron chi connectivity index (χ0n) is 14.9. The zero-order valence-corrected chi connectivity index (χ0v) is 15.7. The summed E-state index contributed by atoms with van der Waals surface area (Å²) in [6.07, 6.45) is -1.21. The van der Waals surface area contributed by atoms with Crippen molar-refractivity contribution < 1.29 is 28.9 Å². The number of halogens is 1. The highest BCUT2D eigenvalue weighted by Gasteiger charge is 2.21. The SMILES string of the molecule is COC(=O)NCCOC(c1cccc(Cl)c1)c1cc(C(=O)O)ccc1OC. The van der Waals surface area contributed by atoms with Gasteiger partial charge in [0.25, 0.3) is 0 Å². The van der Waals surface area contributed by atoms with Gasteiger partial charge in [-0.05, 0) is 35.9 Å². The molecular weight excluding hydrogens is 374 g/mol. The summed E-state index contributed by atoms with van der Waals surface area (Å²) >= 11 is 6.10. The highest BCUT2D eigenvalue weighted by atomic mass is 35.5. The average molecular weight is 394 g/mol. The molecule has 7 nitrogen and oxygen atoms in total. The molecular formula is C19H20ClNO6. The van der Waals surface area contributed by atoms with E-state index in [1.54, 1.807) is 24.3 Å². The topological polar surface area (TPSA) is 94.1 Å². The first-order valence-corrected chi connectivity index (χ1v) is 8.44. The summed E-state index contributed by atoms with van der Waals surface area (Å²) in [5, 5.41) is 12.3. The summed E-state index contributed by atoms with van der Waals surface area (Å²) in [4.78, 5) is 22.5. The standard InChI is InChI=1S/C19H20ClNO6/c1-25-16-7-6-13(18(22)23)11-15(16)17(12-4-3-5-14(20)10-12)27-9-8-21-19(24)26-2/h3-7,10-11,17H,8-9H2,1-2H3,(H,21,24)(H,22,23). The van der Waals surface area contributed by atoms with E-state index in [1.165, 1.54) is 26.4 Å². The Morgan fingerprint density at radius 2 is 1.96 bits per heavy atom. The van der Waals surface area contributed by atoms with Gasteiger partial charge in [-0.15, -0.1) is 0 Å². The van der Waals surface area contributed by atoms with Crippen molar-refractivity contribution in [2.45, 2.75) is 6.10 Å². The van der Waals surface area contributed by atoms with Gasteiger partial charge in [-0.3, -0.25) is 0 Å². The van der Waals surface area contributed by atoms with Gasteiger partial charge in [0.15, 0.2) is 0 Å². The van der Waals surface area contributed by atoms with E-state index in [9.17, 15) is 14.7 Å². The summed E-state index contributed by atoms with van der Waals surface area (Å²) < 4.78 is 15.8. The van der Waals surface area contributed by atoms with E-state index in [-0.39, 0.29) is 18.7 Å². The van der Waals surface area contributed by atoms with Crippen LogP contribution in [0.4, 0.5) is 4.79 Å². The van der Waals surface area contributed by atoms with E-state index in [1.807, 2.05) is 6.07 Å². The van der Waals surface area contributed by atoms with Crippen LogP contribution in [0.15, 0.2) is 42.5 Å². The number of amides is 1. The number of hydrogen-bond donors (Lipinski definition) is 2. The Labute approximate surface area is 161 Å². The van der Waals surface area contributed by atoms with Crippen molar-refractivity contribution in [3.05, 3.63) is 64.2 Å². The number of carbonyl (C=O) groups is 2. The van der Waals surface area contributed by atoms with Crippen LogP contribution in [-0.2, 0) is 9.47 Å². The van der Waals surface area contributed by atoms with E-state index in [2.05, 4.69) is 10.1 Å². The van der Waals surface area contributed by atoms with Crippen LogP contribution in [0.5, 0.6) is 5.75 Å². The number of methoxy groups -OCH3 is 2. The lowest BCUT2D eigenvalue weighted by Gasteiger charge is -2.22. The predicted octanol–water partition coefficient (Wildman–Crippen LogP) is 3.51. The van der Waals surface area contributed by atoms with Crippen LogP contribution in [0.2, 0.25) is 5.02 Å². The van der Waals surface area contributed by atoms with Gasteiger partial charge >= 0.3 is 12.1 Å². The summed E-state index contributed by atoms with van der Waals surface area (Å²) in [6, 6.07) is 11.6. The molecule has 0 aliphatic carbocycles. The molecule has 8 heteroatoms. The Morgan fingerprint density at radius 1 is 1.19 bits per heavy atom. The molecule has 0 aromatic heterocycles. The maximum Gasteiger partial charge on any atom is 0.406 e. The van der Waals surface area contributed by atoms with Crippen LogP contribution in [0.1, 0.15) is 27.6 Å². The molecule has 0 bridgehead atoms. The Kier molecular flexibility index (Phi) is 7.45. The lowest BCUT2D eigenvalue weighted by atomic mass is 9.98. The van der Waals surface area contributed by atoms with Crippen LogP contribution in [0.3, 0.4) is 0 Å². The Balaban J connectivity index is 2.35. The Morgan fingerprint density at radius 3 is 2.59 bits per heavy atom. The van der Waals surface area contributed by atoms with E-state index in [0.29, 0.717) is 16.3 Å². The molecule has 0 saturated carbocycles. The van der Waals surface area contributed by atoms with Crippen LogP contribution in [0, 0.1) is 0 Å². The third-order valence-corrected chi connectivity index (χ3v) is 3.99. The average Bonchev–Trinajstić information content (AvgIpc) is 2.67. The van der Waals surface area contributed by atoms with Crippen molar-refractivity contribution in [2.75, 3.05) is 27.4 Å². The predicted molar refractivity (Wildman–Crippen MR) is 99.6 cm³/mol. The van der Waals surface area contributed by atoms with E-state index in [4.69, 9.17) is 21.1 Å². The van der Waals surface area contributed by atoms with Gasteiger partial charge < -0.3 is 24.6 Å². The normalized spacial score (nSPS) is 11.5. The monoisotopic (exact) mass is 393 g/mol. The summed E-state index contributed by atoms with van der Waals surface area (Å²) in [5.74, 6) is -0.581. The number of alkyl carbamates (subject to hydrolysis) is 1. The molecule has 0 spiro atoms. The molecule has 1 amide bonds. The van der Waals surface area contributed by atoms with Crippen molar-refractivity contribution in [3.8, 4) is 5.75 Å². The third kappa shape index (κ3) is 5.60. The number of carboxylic acids is 1. The van der Waals surface area contributed by atoms with Gasteiger partial charge in [0.2, 0.25) is 0 Å². The van der Waals surface area contributed by atoms with Crippen molar-refractivity contribution in [3.63, 3.8) is 0 Å². The molecule has 0 aliphatic rings. The highest BCUT2D eigenvalue weighted by Crippen LogP contribution is 2.34. The maximum absolute atomic E-state index is 11.4. The van der Waals surface area contributed by atoms with Crippen molar-refractivity contribution in [1.82, 2.24) is 5.32 Å². The minimum atomic E-state index is -1.06. The summed E-state index contributed by atoms with van der Waals surface area (Å²) in [5.41, 5.74) is 1.37. The van der Waals surface area contributed by atoms with Gasteiger partial charge in [0, 0.05) is 17.1 Å². The van der Waals surface area contributed by atoms with Crippen LogP contribution in [0.25, 0.3) is 0 Å². The van der Waals surface area contributed by atoms with Gasteiger partial charge in [0.1, 0.15) is 11.9 Å². The number of aromatic carboxylic acids is 1. The highest BCUT2D eigenvalue weighted by molar-refractivity contribution is 6.30. The van der Waals surface area contributed by atoms with Crippen molar-refractivity contribution >= 4 is 23.7 Å². The first-order chi connectivity index (χ1) is 13.0. The molecule has 144 valence electrons. The molecule has 2 aromatic rings. The molecule has 1 unspecified atom stereocenters. The molecule has 0 radical (unpaired) electrons. The second kappa shape index (κ2) is 9.80. The quantitative estimate of drug-likeness (QED) is 0.666. The number of carbonyl (C=O) groups excluding carboxylic acids is 1. The lowest BCUT2D eigenvalue weighted by molar-refractivity contribution is 0.0692. The fourth-order valence-corrected chi connectivity index (χ4v) is 2.71. The molecule has 1 atom stereocenters. The largest absolute Gasteiger partial charge is 0.496 e. The van der Waals surface area contributed by atoms with E-state index >= 15 is 0 Å². The summed E-state index contributed by atoms with van der Waals surface area (Å²) in [7, 11) is 2.76. The minimum absolute atomic E-state index is 0.106.